The number of nitrogens with zero attached hydrogens (tertiary/aromatic N) is 3. The predicted molar refractivity (Wildman–Crippen MR) is 85.0 cm³/mol. The van der Waals surface area contributed by atoms with Crippen molar-refractivity contribution in [2.45, 2.75) is 33.7 Å². The van der Waals surface area contributed by atoms with Crippen molar-refractivity contribution >= 4 is 27.5 Å². The SMILES string of the molecule is CCCn1c(-c2c(N)sc(C)c2C)nc2cccnc21. The first-order valence-electron chi connectivity index (χ1n) is 6.80. The monoisotopic (exact) mass is 286 g/mol. The van der Waals surface area contributed by atoms with Crippen LogP contribution in [0.4, 0.5) is 5.00 Å². The van der Waals surface area contributed by atoms with E-state index in [0.29, 0.717) is 0 Å². The number of hydrogen-bond acceptors (Lipinski definition) is 4. The molecule has 3 heterocycles. The molecule has 0 aromatic carbocycles. The van der Waals surface area contributed by atoms with E-state index in [2.05, 4.69) is 30.3 Å². The number of rotatable bonds is 3. The zero-order chi connectivity index (χ0) is 14.3. The number of imidazole rings is 1. The van der Waals surface area contributed by atoms with Crippen molar-refractivity contribution < 1.29 is 0 Å². The minimum Gasteiger partial charge on any atom is -0.390 e. The molecular formula is C15H18N4S. The van der Waals surface area contributed by atoms with Crippen LogP contribution in [0.15, 0.2) is 18.3 Å². The summed E-state index contributed by atoms with van der Waals surface area (Å²) >= 11 is 1.63. The molecule has 0 spiro atoms. The van der Waals surface area contributed by atoms with E-state index in [1.165, 1.54) is 10.4 Å². The van der Waals surface area contributed by atoms with E-state index in [-0.39, 0.29) is 0 Å². The Kier molecular flexibility index (Phi) is 3.22. The molecule has 0 atom stereocenters. The Morgan fingerprint density at radius 2 is 2.15 bits per heavy atom. The van der Waals surface area contributed by atoms with E-state index in [1.807, 2.05) is 18.3 Å². The minimum atomic E-state index is 0.840. The summed E-state index contributed by atoms with van der Waals surface area (Å²) in [6, 6.07) is 3.92. The van der Waals surface area contributed by atoms with Crippen LogP contribution in [0.3, 0.4) is 0 Å². The lowest BCUT2D eigenvalue weighted by Crippen LogP contribution is -2.02. The highest BCUT2D eigenvalue weighted by Crippen LogP contribution is 2.38. The van der Waals surface area contributed by atoms with Gasteiger partial charge in [-0.3, -0.25) is 0 Å². The number of anilines is 1. The second-order valence-corrected chi connectivity index (χ2v) is 6.21. The van der Waals surface area contributed by atoms with Gasteiger partial charge in [0.2, 0.25) is 0 Å². The number of aryl methyl sites for hydroxylation is 2. The highest BCUT2D eigenvalue weighted by Gasteiger charge is 2.19. The van der Waals surface area contributed by atoms with Gasteiger partial charge in [0, 0.05) is 17.6 Å². The first-order valence-corrected chi connectivity index (χ1v) is 7.62. The van der Waals surface area contributed by atoms with Crippen molar-refractivity contribution in [1.82, 2.24) is 14.5 Å². The largest absolute Gasteiger partial charge is 0.390 e. The Labute approximate surface area is 122 Å². The Morgan fingerprint density at radius 1 is 1.35 bits per heavy atom. The maximum Gasteiger partial charge on any atom is 0.160 e. The summed E-state index contributed by atoms with van der Waals surface area (Å²) in [7, 11) is 0. The summed E-state index contributed by atoms with van der Waals surface area (Å²) in [4.78, 5) is 10.5. The van der Waals surface area contributed by atoms with Crippen LogP contribution >= 0.6 is 11.3 Å². The third-order valence-corrected chi connectivity index (χ3v) is 4.62. The van der Waals surface area contributed by atoms with Gasteiger partial charge in [-0.15, -0.1) is 11.3 Å². The number of aromatic nitrogens is 3. The maximum atomic E-state index is 6.21. The molecule has 0 saturated heterocycles. The maximum absolute atomic E-state index is 6.21. The summed E-state index contributed by atoms with van der Waals surface area (Å²) in [6.07, 6.45) is 2.85. The molecule has 3 rings (SSSR count). The second-order valence-electron chi connectivity index (χ2n) is 4.96. The Hall–Kier alpha value is -1.88. The Balaban J connectivity index is 2.32. The van der Waals surface area contributed by atoms with Gasteiger partial charge in [0.05, 0.1) is 10.6 Å². The molecule has 5 heteroatoms. The molecule has 0 bridgehead atoms. The molecule has 3 aromatic heterocycles. The summed E-state index contributed by atoms with van der Waals surface area (Å²) in [5, 5.41) is 0.840. The van der Waals surface area contributed by atoms with Gasteiger partial charge in [-0.2, -0.15) is 0 Å². The first kappa shape index (κ1) is 13.1. The van der Waals surface area contributed by atoms with Crippen LogP contribution in [-0.4, -0.2) is 14.5 Å². The van der Waals surface area contributed by atoms with Crippen LogP contribution in [0.5, 0.6) is 0 Å². The number of thiophene rings is 1. The molecular weight excluding hydrogens is 268 g/mol. The molecule has 20 heavy (non-hydrogen) atoms. The van der Waals surface area contributed by atoms with Gasteiger partial charge in [0.15, 0.2) is 5.65 Å². The fourth-order valence-electron chi connectivity index (χ4n) is 2.52. The van der Waals surface area contributed by atoms with Gasteiger partial charge >= 0.3 is 0 Å². The van der Waals surface area contributed by atoms with Crippen LogP contribution in [-0.2, 0) is 6.54 Å². The lowest BCUT2D eigenvalue weighted by molar-refractivity contribution is 0.698. The molecule has 0 unspecified atom stereocenters. The average molecular weight is 286 g/mol. The molecule has 0 fully saturated rings. The van der Waals surface area contributed by atoms with Crippen molar-refractivity contribution in [3.63, 3.8) is 0 Å². The number of nitrogen functional groups attached to an aromatic ring is 1. The molecule has 0 amide bonds. The molecule has 104 valence electrons. The second kappa shape index (κ2) is 4.90. The third-order valence-electron chi connectivity index (χ3n) is 3.59. The molecule has 0 radical (unpaired) electrons. The van der Waals surface area contributed by atoms with Gasteiger partial charge in [-0.05, 0) is 38.0 Å². The van der Waals surface area contributed by atoms with Crippen LogP contribution < -0.4 is 5.73 Å². The molecule has 2 N–H and O–H groups in total. The van der Waals surface area contributed by atoms with E-state index in [1.54, 1.807) is 11.3 Å². The fraction of sp³-hybridized carbons (Fsp3) is 0.333. The summed E-state index contributed by atoms with van der Waals surface area (Å²) < 4.78 is 2.18. The number of pyridine rings is 1. The predicted octanol–water partition coefficient (Wildman–Crippen LogP) is 3.77. The lowest BCUT2D eigenvalue weighted by atomic mass is 10.1. The highest BCUT2D eigenvalue weighted by atomic mass is 32.1. The van der Waals surface area contributed by atoms with Crippen LogP contribution in [0.1, 0.15) is 23.8 Å². The number of hydrogen-bond donors (Lipinski definition) is 1. The summed E-state index contributed by atoms with van der Waals surface area (Å²) in [5.74, 6) is 0.944. The normalized spacial score (nSPS) is 11.3. The van der Waals surface area contributed by atoms with Crippen molar-refractivity contribution in [3.05, 3.63) is 28.8 Å². The quantitative estimate of drug-likeness (QED) is 0.797. The molecule has 0 aliphatic carbocycles. The smallest absolute Gasteiger partial charge is 0.160 e. The highest BCUT2D eigenvalue weighted by molar-refractivity contribution is 7.16. The van der Waals surface area contributed by atoms with Crippen LogP contribution in [0, 0.1) is 13.8 Å². The van der Waals surface area contributed by atoms with E-state index >= 15 is 0 Å². The fourth-order valence-corrected chi connectivity index (χ4v) is 3.45. The third kappa shape index (κ3) is 1.89. The Bertz CT molecular complexity index is 770. The zero-order valence-corrected chi connectivity index (χ0v) is 12.8. The van der Waals surface area contributed by atoms with Gasteiger partial charge in [-0.25, -0.2) is 9.97 Å². The van der Waals surface area contributed by atoms with E-state index in [9.17, 15) is 0 Å². The first-order chi connectivity index (χ1) is 9.63. The standard InChI is InChI=1S/C15H18N4S/c1-4-8-19-14-11(6-5-7-17-14)18-15(19)12-9(2)10(3)20-13(12)16/h5-7H,4,8,16H2,1-3H3. The van der Waals surface area contributed by atoms with Crippen LogP contribution in [0.2, 0.25) is 0 Å². The average Bonchev–Trinajstić information content (AvgIpc) is 2.89. The van der Waals surface area contributed by atoms with Crippen molar-refractivity contribution in [3.8, 4) is 11.4 Å². The van der Waals surface area contributed by atoms with Crippen LogP contribution in [0.25, 0.3) is 22.6 Å². The molecule has 0 saturated carbocycles. The molecule has 0 aliphatic rings. The lowest BCUT2D eigenvalue weighted by Gasteiger charge is -2.07. The molecule has 3 aromatic rings. The summed E-state index contributed by atoms with van der Waals surface area (Å²) in [6.45, 7) is 7.27. The summed E-state index contributed by atoms with van der Waals surface area (Å²) in [5.41, 5.74) is 10.4. The number of nitrogens with two attached hydrogens (primary N) is 1. The topological polar surface area (TPSA) is 56.7 Å². The van der Waals surface area contributed by atoms with Gasteiger partial charge in [0.25, 0.3) is 0 Å². The number of fused-ring (bicyclic) bond motifs is 1. The van der Waals surface area contributed by atoms with Gasteiger partial charge in [0.1, 0.15) is 11.3 Å². The van der Waals surface area contributed by atoms with Gasteiger partial charge < -0.3 is 10.3 Å². The van der Waals surface area contributed by atoms with Crippen molar-refractivity contribution in [1.29, 1.82) is 0 Å². The molecule has 4 nitrogen and oxygen atoms in total. The van der Waals surface area contributed by atoms with E-state index in [4.69, 9.17) is 10.7 Å². The van der Waals surface area contributed by atoms with E-state index in [0.717, 1.165) is 40.5 Å². The Morgan fingerprint density at radius 3 is 2.80 bits per heavy atom. The van der Waals surface area contributed by atoms with Crippen molar-refractivity contribution in [2.24, 2.45) is 0 Å². The minimum absolute atomic E-state index is 0.840. The van der Waals surface area contributed by atoms with Crippen molar-refractivity contribution in [2.75, 3.05) is 5.73 Å². The van der Waals surface area contributed by atoms with Gasteiger partial charge in [-0.1, -0.05) is 6.92 Å². The zero-order valence-electron chi connectivity index (χ0n) is 12.0. The van der Waals surface area contributed by atoms with E-state index < -0.39 is 0 Å². The molecule has 0 aliphatic heterocycles.